The summed E-state index contributed by atoms with van der Waals surface area (Å²) >= 11 is 3.19. The van der Waals surface area contributed by atoms with Gasteiger partial charge < -0.3 is 10.5 Å². The fourth-order valence-electron chi connectivity index (χ4n) is 1.31. The molecule has 0 saturated heterocycles. The summed E-state index contributed by atoms with van der Waals surface area (Å²) in [4.78, 5) is 0. The summed E-state index contributed by atoms with van der Waals surface area (Å²) in [6.45, 7) is -0.798. The Morgan fingerprint density at radius 2 is 2.12 bits per heavy atom. The lowest BCUT2D eigenvalue weighted by Gasteiger charge is -2.11. The lowest BCUT2D eigenvalue weighted by atomic mass is 10.0. The number of ether oxygens (including phenoxy) is 1. The van der Waals surface area contributed by atoms with Gasteiger partial charge in [0.25, 0.3) is 0 Å². The summed E-state index contributed by atoms with van der Waals surface area (Å²) in [6.07, 6.45) is 1.61. The van der Waals surface area contributed by atoms with Crippen molar-refractivity contribution >= 4 is 15.9 Å². The van der Waals surface area contributed by atoms with E-state index in [0.29, 0.717) is 4.47 Å². The Morgan fingerprint density at radius 3 is 2.62 bits per heavy atom. The average molecular weight is 294 g/mol. The quantitative estimate of drug-likeness (QED) is 0.904. The van der Waals surface area contributed by atoms with Crippen LogP contribution in [0, 0.1) is 0 Å². The lowest BCUT2D eigenvalue weighted by molar-refractivity contribution is -0.0503. The monoisotopic (exact) mass is 293 g/mol. The van der Waals surface area contributed by atoms with Gasteiger partial charge in [-0.15, -0.1) is 0 Å². The van der Waals surface area contributed by atoms with Gasteiger partial charge in [0, 0.05) is 6.04 Å². The predicted octanol–water partition coefficient (Wildman–Crippen LogP) is 3.33. The maximum Gasteiger partial charge on any atom is 0.387 e. The third kappa shape index (κ3) is 4.06. The summed E-state index contributed by atoms with van der Waals surface area (Å²) in [5.74, 6) is 0.142. The minimum Gasteiger partial charge on any atom is -0.434 e. The van der Waals surface area contributed by atoms with Gasteiger partial charge in [0.15, 0.2) is 0 Å². The molecule has 0 aliphatic heterocycles. The molecule has 0 aromatic heterocycles. The first-order valence-electron chi connectivity index (χ1n) is 5.01. The highest BCUT2D eigenvalue weighted by Gasteiger charge is 2.09. The minimum atomic E-state index is -2.81. The second-order valence-electron chi connectivity index (χ2n) is 3.52. The van der Waals surface area contributed by atoms with Crippen molar-refractivity contribution in [3.05, 3.63) is 28.2 Å². The number of nitrogens with two attached hydrogens (primary N) is 1. The van der Waals surface area contributed by atoms with Crippen LogP contribution in [0.5, 0.6) is 5.75 Å². The molecule has 0 aliphatic carbocycles. The first-order chi connectivity index (χ1) is 7.52. The van der Waals surface area contributed by atoms with Gasteiger partial charge in [0.2, 0.25) is 0 Å². The number of alkyl halides is 2. The van der Waals surface area contributed by atoms with Crippen LogP contribution in [0.2, 0.25) is 0 Å². The van der Waals surface area contributed by atoms with Gasteiger partial charge in [0.1, 0.15) is 5.75 Å². The molecule has 2 N–H and O–H groups in total. The molecule has 1 atom stereocenters. The van der Waals surface area contributed by atoms with E-state index in [1.54, 1.807) is 12.1 Å². The fraction of sp³-hybridized carbons (Fsp3) is 0.455. The largest absolute Gasteiger partial charge is 0.434 e. The SMILES string of the molecule is CCC(N)Cc1ccc(OC(F)F)c(Br)c1. The normalized spacial score (nSPS) is 12.9. The Bertz CT molecular complexity index is 347. The highest BCUT2D eigenvalue weighted by molar-refractivity contribution is 9.10. The van der Waals surface area contributed by atoms with Gasteiger partial charge in [-0.3, -0.25) is 0 Å². The molecule has 5 heteroatoms. The van der Waals surface area contributed by atoms with E-state index in [0.717, 1.165) is 18.4 Å². The topological polar surface area (TPSA) is 35.2 Å². The van der Waals surface area contributed by atoms with Crippen LogP contribution in [0.4, 0.5) is 8.78 Å². The Morgan fingerprint density at radius 1 is 1.44 bits per heavy atom. The van der Waals surface area contributed by atoms with Crippen molar-refractivity contribution in [1.82, 2.24) is 0 Å². The van der Waals surface area contributed by atoms with Crippen LogP contribution in [0.1, 0.15) is 18.9 Å². The van der Waals surface area contributed by atoms with E-state index in [1.165, 1.54) is 6.07 Å². The molecule has 0 saturated carbocycles. The van der Waals surface area contributed by atoms with Gasteiger partial charge >= 0.3 is 6.61 Å². The standard InChI is InChI=1S/C11H14BrF2NO/c1-2-8(15)5-7-3-4-10(9(12)6-7)16-11(13)14/h3-4,6,8,11H,2,5,15H2,1H3. The van der Waals surface area contributed by atoms with Crippen molar-refractivity contribution < 1.29 is 13.5 Å². The van der Waals surface area contributed by atoms with Crippen molar-refractivity contribution in [2.45, 2.75) is 32.4 Å². The second-order valence-corrected chi connectivity index (χ2v) is 4.37. The third-order valence-electron chi connectivity index (χ3n) is 2.23. The number of hydrogen-bond acceptors (Lipinski definition) is 2. The van der Waals surface area contributed by atoms with Crippen LogP contribution >= 0.6 is 15.9 Å². The van der Waals surface area contributed by atoms with Gasteiger partial charge in [-0.25, -0.2) is 0 Å². The summed E-state index contributed by atoms with van der Waals surface area (Å²) in [5.41, 5.74) is 6.81. The maximum absolute atomic E-state index is 12.0. The molecule has 0 heterocycles. The fourth-order valence-corrected chi connectivity index (χ4v) is 1.83. The molecule has 0 radical (unpaired) electrons. The van der Waals surface area contributed by atoms with Crippen molar-refractivity contribution in [3.63, 3.8) is 0 Å². The van der Waals surface area contributed by atoms with E-state index in [2.05, 4.69) is 20.7 Å². The molecule has 0 spiro atoms. The first-order valence-corrected chi connectivity index (χ1v) is 5.81. The number of halogens is 3. The Hall–Kier alpha value is -0.680. The van der Waals surface area contributed by atoms with E-state index in [-0.39, 0.29) is 11.8 Å². The van der Waals surface area contributed by atoms with E-state index in [9.17, 15) is 8.78 Å². The Labute approximate surface area is 102 Å². The van der Waals surface area contributed by atoms with Crippen LogP contribution in [-0.4, -0.2) is 12.7 Å². The van der Waals surface area contributed by atoms with E-state index in [4.69, 9.17) is 5.73 Å². The van der Waals surface area contributed by atoms with Gasteiger partial charge in [-0.1, -0.05) is 13.0 Å². The van der Waals surface area contributed by atoms with E-state index in [1.807, 2.05) is 6.92 Å². The first kappa shape index (κ1) is 13.4. The molecule has 1 aromatic carbocycles. The van der Waals surface area contributed by atoms with Crippen LogP contribution in [0.25, 0.3) is 0 Å². The molecule has 90 valence electrons. The Balaban J connectivity index is 2.74. The van der Waals surface area contributed by atoms with Crippen molar-refractivity contribution in [2.24, 2.45) is 5.73 Å². The molecule has 2 nitrogen and oxygen atoms in total. The highest BCUT2D eigenvalue weighted by atomic mass is 79.9. The van der Waals surface area contributed by atoms with Crippen molar-refractivity contribution in [3.8, 4) is 5.75 Å². The summed E-state index contributed by atoms with van der Waals surface area (Å²) in [6, 6.07) is 5.12. The zero-order valence-electron chi connectivity index (χ0n) is 8.92. The van der Waals surface area contributed by atoms with Gasteiger partial charge in [-0.2, -0.15) is 8.78 Å². The van der Waals surface area contributed by atoms with Crippen LogP contribution < -0.4 is 10.5 Å². The summed E-state index contributed by atoms with van der Waals surface area (Å²) in [5, 5.41) is 0. The molecule has 0 bridgehead atoms. The summed E-state index contributed by atoms with van der Waals surface area (Å²) in [7, 11) is 0. The molecule has 1 rings (SSSR count). The van der Waals surface area contributed by atoms with Crippen molar-refractivity contribution in [1.29, 1.82) is 0 Å². The molecule has 0 fully saturated rings. The van der Waals surface area contributed by atoms with Crippen LogP contribution in [-0.2, 0) is 6.42 Å². The smallest absolute Gasteiger partial charge is 0.387 e. The molecule has 1 unspecified atom stereocenters. The third-order valence-corrected chi connectivity index (χ3v) is 2.85. The zero-order valence-corrected chi connectivity index (χ0v) is 10.5. The van der Waals surface area contributed by atoms with E-state index >= 15 is 0 Å². The van der Waals surface area contributed by atoms with Gasteiger partial charge in [-0.05, 0) is 46.5 Å². The van der Waals surface area contributed by atoms with Gasteiger partial charge in [0.05, 0.1) is 4.47 Å². The molecular formula is C11H14BrF2NO. The number of hydrogen-bond donors (Lipinski definition) is 1. The second kappa shape index (κ2) is 6.15. The zero-order chi connectivity index (χ0) is 12.1. The molecule has 0 amide bonds. The average Bonchev–Trinajstić information content (AvgIpc) is 2.21. The minimum absolute atomic E-state index is 0.0915. The summed E-state index contributed by atoms with van der Waals surface area (Å²) < 4.78 is 28.8. The number of rotatable bonds is 5. The molecule has 1 aromatic rings. The van der Waals surface area contributed by atoms with Crippen LogP contribution in [0.3, 0.4) is 0 Å². The maximum atomic E-state index is 12.0. The highest BCUT2D eigenvalue weighted by Crippen LogP contribution is 2.27. The molecule has 16 heavy (non-hydrogen) atoms. The van der Waals surface area contributed by atoms with E-state index < -0.39 is 6.61 Å². The predicted molar refractivity (Wildman–Crippen MR) is 62.7 cm³/mol. The van der Waals surface area contributed by atoms with Crippen LogP contribution in [0.15, 0.2) is 22.7 Å². The Kier molecular flexibility index (Phi) is 5.15. The van der Waals surface area contributed by atoms with Crippen molar-refractivity contribution in [2.75, 3.05) is 0 Å². The molecular weight excluding hydrogens is 280 g/mol. The number of benzene rings is 1. The molecule has 0 aliphatic rings. The lowest BCUT2D eigenvalue weighted by Crippen LogP contribution is -2.21.